The molecule has 2 aromatic carbocycles. The van der Waals surface area contributed by atoms with E-state index in [1.54, 1.807) is 24.3 Å². The smallest absolute Gasteiger partial charge is 0.320 e. The lowest BCUT2D eigenvalue weighted by Crippen LogP contribution is -2.50. The monoisotopic (exact) mass is 483 g/mol. The van der Waals surface area contributed by atoms with E-state index in [4.69, 9.17) is 4.98 Å². The van der Waals surface area contributed by atoms with E-state index in [0.29, 0.717) is 37.6 Å². The molecule has 2 aliphatic rings. The fourth-order valence-electron chi connectivity index (χ4n) is 4.76. The number of anilines is 2. The molecule has 8 nitrogen and oxygen atoms in total. The average Bonchev–Trinajstić information content (AvgIpc) is 3.56. The van der Waals surface area contributed by atoms with Gasteiger partial charge < -0.3 is 15.1 Å². The predicted molar refractivity (Wildman–Crippen MR) is 135 cm³/mol. The molecule has 182 valence electrons. The SMILES string of the molecule is CN(C(=O)N1Cc2ccc(-c3nccc(Nc4ccc(-c5cn[nH]c5)cc4)n3)cc2C1)C1CC(F)C1. The van der Waals surface area contributed by atoms with Crippen molar-refractivity contribution in [1.82, 2.24) is 30.0 Å². The van der Waals surface area contributed by atoms with Crippen LogP contribution in [-0.4, -0.2) is 55.3 Å². The number of nitrogens with one attached hydrogen (secondary N) is 2. The van der Waals surface area contributed by atoms with Gasteiger partial charge in [-0.15, -0.1) is 0 Å². The number of fused-ring (bicyclic) bond motifs is 1. The lowest BCUT2D eigenvalue weighted by molar-refractivity contribution is 0.0719. The second kappa shape index (κ2) is 9.07. The van der Waals surface area contributed by atoms with Crippen molar-refractivity contribution in [3.05, 3.63) is 78.2 Å². The number of benzene rings is 2. The molecule has 1 saturated carbocycles. The van der Waals surface area contributed by atoms with Gasteiger partial charge in [0.15, 0.2) is 5.82 Å². The molecular weight excluding hydrogens is 457 g/mol. The van der Waals surface area contributed by atoms with Gasteiger partial charge in [-0.2, -0.15) is 5.10 Å². The van der Waals surface area contributed by atoms with Crippen molar-refractivity contribution in [3.63, 3.8) is 0 Å². The van der Waals surface area contributed by atoms with E-state index in [0.717, 1.165) is 33.5 Å². The van der Waals surface area contributed by atoms with Crippen molar-refractivity contribution in [1.29, 1.82) is 0 Å². The minimum absolute atomic E-state index is 0.00253. The topological polar surface area (TPSA) is 90.0 Å². The first-order valence-corrected chi connectivity index (χ1v) is 12.0. The summed E-state index contributed by atoms with van der Waals surface area (Å²) in [6.45, 7) is 1.08. The van der Waals surface area contributed by atoms with Crippen LogP contribution in [0.3, 0.4) is 0 Å². The number of hydrogen-bond donors (Lipinski definition) is 2. The van der Waals surface area contributed by atoms with E-state index in [9.17, 15) is 9.18 Å². The van der Waals surface area contributed by atoms with Gasteiger partial charge in [0.2, 0.25) is 0 Å². The van der Waals surface area contributed by atoms with Crippen LogP contribution in [0.2, 0.25) is 0 Å². The van der Waals surface area contributed by atoms with Crippen LogP contribution >= 0.6 is 0 Å². The van der Waals surface area contributed by atoms with Crippen molar-refractivity contribution < 1.29 is 9.18 Å². The zero-order valence-corrected chi connectivity index (χ0v) is 19.9. The molecule has 1 fully saturated rings. The number of aromatic nitrogens is 4. The van der Waals surface area contributed by atoms with Crippen molar-refractivity contribution in [2.75, 3.05) is 12.4 Å². The van der Waals surface area contributed by atoms with Gasteiger partial charge in [-0.05, 0) is 53.8 Å². The number of carbonyl (C=O) groups excluding carboxylic acids is 1. The molecule has 0 radical (unpaired) electrons. The Bertz CT molecular complexity index is 1380. The Kier molecular flexibility index (Phi) is 5.59. The molecule has 0 atom stereocenters. The number of carbonyl (C=O) groups is 1. The normalized spacial score (nSPS) is 18.4. The standard InChI is InChI=1S/C27H26FN7O/c1-34(24-11-22(28)12-24)27(36)35-15-19-3-2-18(10-20(19)16-35)26-29-9-8-25(33-26)32-23-6-4-17(5-7-23)21-13-30-31-14-21/h2-10,13-14,22,24H,11-12,15-16H2,1H3,(H,30,31)(H,29,32,33). The molecule has 0 saturated heterocycles. The van der Waals surface area contributed by atoms with Gasteiger partial charge in [-0.3, -0.25) is 5.10 Å². The number of nitrogens with zero attached hydrogens (tertiary/aromatic N) is 5. The predicted octanol–water partition coefficient (Wildman–Crippen LogP) is 5.15. The number of halogens is 1. The number of urea groups is 1. The summed E-state index contributed by atoms with van der Waals surface area (Å²) in [6, 6.07) is 15.9. The molecule has 1 aliphatic heterocycles. The largest absolute Gasteiger partial charge is 0.340 e. The van der Waals surface area contributed by atoms with E-state index < -0.39 is 6.17 Å². The van der Waals surface area contributed by atoms with Gasteiger partial charge in [0, 0.05) is 55.4 Å². The third kappa shape index (κ3) is 4.28. The fraction of sp³-hybridized carbons (Fsp3) is 0.259. The van der Waals surface area contributed by atoms with Crippen molar-refractivity contribution in [2.24, 2.45) is 0 Å². The molecule has 1 aliphatic carbocycles. The molecule has 0 spiro atoms. The van der Waals surface area contributed by atoms with Crippen LogP contribution in [0, 0.1) is 0 Å². The maximum Gasteiger partial charge on any atom is 0.320 e. The van der Waals surface area contributed by atoms with Crippen LogP contribution in [0.4, 0.5) is 20.7 Å². The van der Waals surface area contributed by atoms with Crippen molar-refractivity contribution in [3.8, 4) is 22.5 Å². The summed E-state index contributed by atoms with van der Waals surface area (Å²) >= 11 is 0. The first kappa shape index (κ1) is 22.2. The molecule has 0 bridgehead atoms. The van der Waals surface area contributed by atoms with Gasteiger partial charge in [0.1, 0.15) is 12.0 Å². The van der Waals surface area contributed by atoms with Crippen LogP contribution < -0.4 is 5.32 Å². The van der Waals surface area contributed by atoms with Crippen LogP contribution in [0.15, 0.2) is 67.1 Å². The first-order valence-electron chi connectivity index (χ1n) is 12.0. The summed E-state index contributed by atoms with van der Waals surface area (Å²) in [4.78, 5) is 25.6. The summed E-state index contributed by atoms with van der Waals surface area (Å²) in [5.74, 6) is 1.31. The Morgan fingerprint density at radius 2 is 1.83 bits per heavy atom. The summed E-state index contributed by atoms with van der Waals surface area (Å²) in [5.41, 5.74) is 6.13. The fourth-order valence-corrected chi connectivity index (χ4v) is 4.76. The Hall–Kier alpha value is -4.27. The lowest BCUT2D eigenvalue weighted by atomic mass is 9.90. The minimum atomic E-state index is -0.782. The van der Waals surface area contributed by atoms with Gasteiger partial charge in [0.25, 0.3) is 0 Å². The van der Waals surface area contributed by atoms with Crippen LogP contribution in [0.5, 0.6) is 0 Å². The number of H-pyrrole nitrogens is 1. The van der Waals surface area contributed by atoms with Gasteiger partial charge in [-0.1, -0.05) is 24.3 Å². The summed E-state index contributed by atoms with van der Waals surface area (Å²) in [5, 5.41) is 10.2. The lowest BCUT2D eigenvalue weighted by Gasteiger charge is -2.38. The van der Waals surface area contributed by atoms with Gasteiger partial charge in [0.05, 0.1) is 6.20 Å². The Labute approximate surface area is 208 Å². The maximum atomic E-state index is 13.2. The summed E-state index contributed by atoms with van der Waals surface area (Å²) < 4.78 is 13.2. The molecule has 36 heavy (non-hydrogen) atoms. The van der Waals surface area contributed by atoms with Crippen molar-refractivity contribution in [2.45, 2.75) is 38.1 Å². The highest BCUT2D eigenvalue weighted by Crippen LogP contribution is 2.32. The van der Waals surface area contributed by atoms with E-state index in [1.807, 2.05) is 53.6 Å². The summed E-state index contributed by atoms with van der Waals surface area (Å²) in [7, 11) is 1.77. The third-order valence-corrected chi connectivity index (χ3v) is 7.01. The maximum absolute atomic E-state index is 13.2. The van der Waals surface area contributed by atoms with Crippen LogP contribution in [-0.2, 0) is 13.1 Å². The molecule has 0 unspecified atom stereocenters. The van der Waals surface area contributed by atoms with Crippen molar-refractivity contribution >= 4 is 17.5 Å². The number of hydrogen-bond acceptors (Lipinski definition) is 5. The van der Waals surface area contributed by atoms with Crippen LogP contribution in [0.1, 0.15) is 24.0 Å². The Morgan fingerprint density at radius 3 is 2.58 bits per heavy atom. The molecule has 2 aromatic heterocycles. The molecule has 6 rings (SSSR count). The van der Waals surface area contributed by atoms with Gasteiger partial charge >= 0.3 is 6.03 Å². The van der Waals surface area contributed by atoms with Crippen LogP contribution in [0.25, 0.3) is 22.5 Å². The number of alkyl halides is 1. The highest BCUT2D eigenvalue weighted by Gasteiger charge is 2.36. The molecule has 9 heteroatoms. The Balaban J connectivity index is 1.14. The molecule has 3 heterocycles. The molecule has 4 aromatic rings. The zero-order chi connectivity index (χ0) is 24.6. The molecule has 2 amide bonds. The first-order chi connectivity index (χ1) is 17.5. The van der Waals surface area contributed by atoms with E-state index >= 15 is 0 Å². The zero-order valence-electron chi connectivity index (χ0n) is 19.9. The van der Waals surface area contributed by atoms with E-state index in [1.165, 1.54) is 0 Å². The van der Waals surface area contributed by atoms with E-state index in [2.05, 4.69) is 26.6 Å². The number of amides is 2. The van der Waals surface area contributed by atoms with E-state index in [-0.39, 0.29) is 12.1 Å². The quantitative estimate of drug-likeness (QED) is 0.410. The Morgan fingerprint density at radius 1 is 1.06 bits per heavy atom. The second-order valence-corrected chi connectivity index (χ2v) is 9.41. The number of rotatable bonds is 5. The number of aromatic amines is 1. The second-order valence-electron chi connectivity index (χ2n) is 9.41. The highest BCUT2D eigenvalue weighted by molar-refractivity contribution is 5.76. The molecule has 2 N–H and O–H groups in total. The average molecular weight is 484 g/mol. The molecular formula is C27H26FN7O. The summed E-state index contributed by atoms with van der Waals surface area (Å²) in [6.07, 6.45) is 5.47. The minimum Gasteiger partial charge on any atom is -0.340 e. The van der Waals surface area contributed by atoms with Gasteiger partial charge in [-0.25, -0.2) is 19.2 Å². The third-order valence-electron chi connectivity index (χ3n) is 7.01. The highest BCUT2D eigenvalue weighted by atomic mass is 19.1.